The molecule has 9 rings (SSSR count). The Labute approximate surface area is 360 Å². The van der Waals surface area contributed by atoms with E-state index in [9.17, 15) is 0 Å². The fourth-order valence-corrected chi connectivity index (χ4v) is 16.6. The van der Waals surface area contributed by atoms with Gasteiger partial charge in [0.2, 0.25) is 0 Å². The van der Waals surface area contributed by atoms with E-state index < -0.39 is 0 Å². The molecule has 2 heteroatoms. The van der Waals surface area contributed by atoms with Gasteiger partial charge in [-0.1, -0.05) is 90.5 Å². The van der Waals surface area contributed by atoms with Crippen LogP contribution in [-0.4, -0.2) is 46.1 Å². The molecule has 328 valence electrons. The molecule has 0 spiro atoms. The summed E-state index contributed by atoms with van der Waals surface area (Å²) in [6.45, 7) is 10.1. The van der Waals surface area contributed by atoms with Gasteiger partial charge in [0.25, 0.3) is 0 Å². The molecule has 0 heterocycles. The Kier molecular flexibility index (Phi) is 14.6. The summed E-state index contributed by atoms with van der Waals surface area (Å²) < 4.78 is 0. The van der Waals surface area contributed by atoms with Gasteiger partial charge in [0.1, 0.15) is 0 Å². The van der Waals surface area contributed by atoms with Gasteiger partial charge in [-0.3, -0.25) is 9.80 Å². The first-order valence-electron chi connectivity index (χ1n) is 27.3. The summed E-state index contributed by atoms with van der Waals surface area (Å²) in [6, 6.07) is 5.24. The number of allylic oxidation sites excluding steroid dienone is 4. The summed E-state index contributed by atoms with van der Waals surface area (Å²) >= 11 is 0. The minimum absolute atomic E-state index is 0.854. The molecule has 9 aliphatic carbocycles. The lowest BCUT2D eigenvalue weighted by molar-refractivity contribution is -0.185. The van der Waals surface area contributed by atoms with E-state index in [1.807, 2.05) is 0 Å². The van der Waals surface area contributed by atoms with Gasteiger partial charge in [-0.25, -0.2) is 0 Å². The Morgan fingerprint density at radius 3 is 0.810 bits per heavy atom. The highest BCUT2D eigenvalue weighted by Crippen LogP contribution is 2.62. The number of hydrogen-bond donors (Lipinski definition) is 0. The molecule has 0 N–H and O–H groups in total. The second-order valence-corrected chi connectivity index (χ2v) is 24.1. The molecule has 58 heavy (non-hydrogen) atoms. The van der Waals surface area contributed by atoms with Gasteiger partial charge in [-0.2, -0.15) is 0 Å². The third kappa shape index (κ3) is 9.79. The molecule has 0 aromatic carbocycles. The van der Waals surface area contributed by atoms with E-state index in [0.29, 0.717) is 0 Å². The minimum atomic E-state index is 0.854. The first kappa shape index (κ1) is 42.7. The van der Waals surface area contributed by atoms with Crippen LogP contribution in [0.25, 0.3) is 0 Å². The van der Waals surface area contributed by atoms with Crippen molar-refractivity contribution >= 4 is 0 Å². The van der Waals surface area contributed by atoms with Crippen LogP contribution < -0.4 is 0 Å². The summed E-state index contributed by atoms with van der Waals surface area (Å²) in [5, 5.41) is 0. The summed E-state index contributed by atoms with van der Waals surface area (Å²) in [6.07, 6.45) is 55.5. The fraction of sp³-hybridized carbons (Fsp3) is 0.929. The van der Waals surface area contributed by atoms with Crippen molar-refractivity contribution in [1.29, 1.82) is 0 Å². The first-order chi connectivity index (χ1) is 28.4. The summed E-state index contributed by atoms with van der Waals surface area (Å²) in [7, 11) is 0. The molecular formula is C56H94N2. The molecule has 6 unspecified atom stereocenters. The maximum absolute atomic E-state index is 3.41. The molecule has 6 atom stereocenters. The van der Waals surface area contributed by atoms with E-state index in [1.54, 1.807) is 12.8 Å². The number of hydrogen-bond acceptors (Lipinski definition) is 2. The Balaban J connectivity index is 0.918. The zero-order valence-corrected chi connectivity index (χ0v) is 38.8. The molecule has 2 nitrogen and oxygen atoms in total. The predicted octanol–water partition coefficient (Wildman–Crippen LogP) is 15.2. The fourth-order valence-electron chi connectivity index (χ4n) is 16.6. The van der Waals surface area contributed by atoms with Crippen LogP contribution in [-0.2, 0) is 0 Å². The van der Waals surface area contributed by atoms with E-state index in [1.165, 1.54) is 180 Å². The van der Waals surface area contributed by atoms with Crippen LogP contribution in [0.4, 0.5) is 0 Å². The Morgan fingerprint density at radius 1 is 0.276 bits per heavy atom. The average molecular weight is 795 g/mol. The van der Waals surface area contributed by atoms with Crippen LogP contribution >= 0.6 is 0 Å². The first-order valence-corrected chi connectivity index (χ1v) is 27.3. The smallest absolute Gasteiger partial charge is 0.0136 e. The molecule has 0 bridgehead atoms. The maximum Gasteiger partial charge on any atom is 0.0136 e. The second kappa shape index (κ2) is 19.8. The van der Waals surface area contributed by atoms with E-state index in [-0.39, 0.29) is 0 Å². The molecule has 0 aromatic heterocycles. The van der Waals surface area contributed by atoms with Crippen molar-refractivity contribution in [3.63, 3.8) is 0 Å². The lowest BCUT2D eigenvalue weighted by Gasteiger charge is -2.68. The Morgan fingerprint density at radius 2 is 0.517 bits per heavy atom. The average Bonchev–Trinajstić information content (AvgIpc) is 3.25. The molecule has 9 saturated carbocycles. The second-order valence-electron chi connectivity index (χ2n) is 24.1. The molecule has 0 radical (unpaired) electrons. The maximum atomic E-state index is 3.41. The SMILES string of the molecule is CC1CCC(/C=C/C2CCC(N(C3CCC(C)CC3)C3CCC(N(C4CCC(C)CC4)C4CCC(/C=C/C5CCC(C)CC5)CC4)C4C5CCCCC5C43)CC2)CC1. The lowest BCUT2D eigenvalue weighted by atomic mass is 9.44. The van der Waals surface area contributed by atoms with Crippen LogP contribution in [0.2, 0.25) is 0 Å². The summed E-state index contributed by atoms with van der Waals surface area (Å²) in [5.74, 6) is 11.4. The Hall–Kier alpha value is -0.600. The molecule has 9 fully saturated rings. The molecule has 0 saturated heterocycles. The van der Waals surface area contributed by atoms with Crippen LogP contribution in [0, 0.1) is 71.0 Å². The van der Waals surface area contributed by atoms with Gasteiger partial charge in [0.05, 0.1) is 0 Å². The van der Waals surface area contributed by atoms with E-state index in [0.717, 1.165) is 107 Å². The number of rotatable bonds is 10. The standard InChI is InChI=1S/C56H94N2/c1-39-9-17-43(18-10-39)21-23-45-25-33-49(34-26-45)57(47-29-13-41(3)14-30-47)53-37-38-54(56-52-8-6-5-7-51(52)55(53)56)58(48-31-15-42(4)16-32-48)50-35-27-46(28-36-50)24-22-44-19-11-40(2)12-20-44/h21-24,39-56H,5-20,25-38H2,1-4H3/b23-21+,24-22+. The van der Waals surface area contributed by atoms with Crippen molar-refractivity contribution in [2.24, 2.45) is 71.0 Å². The van der Waals surface area contributed by atoms with E-state index in [4.69, 9.17) is 0 Å². The van der Waals surface area contributed by atoms with Crippen molar-refractivity contribution in [3.05, 3.63) is 24.3 Å². The molecule has 0 aliphatic heterocycles. The van der Waals surface area contributed by atoms with Crippen LogP contribution in [0.3, 0.4) is 0 Å². The molecule has 9 aliphatic rings. The van der Waals surface area contributed by atoms with Crippen molar-refractivity contribution in [1.82, 2.24) is 9.80 Å². The molecule has 0 amide bonds. The monoisotopic (exact) mass is 795 g/mol. The van der Waals surface area contributed by atoms with Crippen LogP contribution in [0.1, 0.15) is 220 Å². The topological polar surface area (TPSA) is 6.48 Å². The highest BCUT2D eigenvalue weighted by Gasteiger charge is 2.61. The molecule has 0 aromatic rings. The van der Waals surface area contributed by atoms with Gasteiger partial charge < -0.3 is 0 Å². The third-order valence-corrected chi connectivity index (χ3v) is 20.3. The highest BCUT2D eigenvalue weighted by molar-refractivity contribution is 5.14. The Bertz CT molecular complexity index is 1190. The van der Waals surface area contributed by atoms with Gasteiger partial charge in [0, 0.05) is 36.3 Å². The van der Waals surface area contributed by atoms with Crippen molar-refractivity contribution in [2.75, 3.05) is 0 Å². The largest absolute Gasteiger partial charge is 0.294 e. The van der Waals surface area contributed by atoms with Gasteiger partial charge in [-0.15, -0.1) is 0 Å². The molecular weight excluding hydrogens is 701 g/mol. The predicted molar refractivity (Wildman–Crippen MR) is 248 cm³/mol. The zero-order chi connectivity index (χ0) is 39.6. The number of fused-ring (bicyclic) bond motifs is 4. The van der Waals surface area contributed by atoms with Crippen molar-refractivity contribution < 1.29 is 0 Å². The van der Waals surface area contributed by atoms with Gasteiger partial charge >= 0.3 is 0 Å². The van der Waals surface area contributed by atoms with Crippen LogP contribution in [0.5, 0.6) is 0 Å². The van der Waals surface area contributed by atoms with Gasteiger partial charge in [0.15, 0.2) is 0 Å². The number of nitrogens with zero attached hydrogens (tertiary/aromatic N) is 2. The van der Waals surface area contributed by atoms with Gasteiger partial charge in [-0.05, 0) is 225 Å². The lowest BCUT2D eigenvalue weighted by Crippen LogP contribution is -2.70. The normalized spacial score (nSPS) is 48.2. The zero-order valence-electron chi connectivity index (χ0n) is 38.8. The van der Waals surface area contributed by atoms with Crippen molar-refractivity contribution in [3.8, 4) is 0 Å². The quantitative estimate of drug-likeness (QED) is 0.203. The third-order valence-electron chi connectivity index (χ3n) is 20.3. The van der Waals surface area contributed by atoms with Crippen molar-refractivity contribution in [2.45, 2.75) is 257 Å². The van der Waals surface area contributed by atoms with E-state index in [2.05, 4.69) is 61.8 Å². The minimum Gasteiger partial charge on any atom is -0.294 e. The van der Waals surface area contributed by atoms with Crippen LogP contribution in [0.15, 0.2) is 24.3 Å². The summed E-state index contributed by atoms with van der Waals surface area (Å²) in [5.41, 5.74) is 0. The van der Waals surface area contributed by atoms with E-state index >= 15 is 0 Å². The highest BCUT2D eigenvalue weighted by atomic mass is 15.3. The summed E-state index contributed by atoms with van der Waals surface area (Å²) in [4.78, 5) is 6.81.